The van der Waals surface area contributed by atoms with E-state index in [2.05, 4.69) is 127 Å². The third-order valence-electron chi connectivity index (χ3n) is 8.59. The van der Waals surface area contributed by atoms with Crippen LogP contribution in [-0.2, 0) is 24.4 Å². The van der Waals surface area contributed by atoms with E-state index < -0.39 is 14.4 Å². The fourth-order valence-electron chi connectivity index (χ4n) is 5.54. The first-order valence-corrected chi connectivity index (χ1v) is 16.7. The van der Waals surface area contributed by atoms with E-state index in [4.69, 9.17) is 13.6 Å². The van der Waals surface area contributed by atoms with E-state index in [-0.39, 0.29) is 27.6 Å². The van der Waals surface area contributed by atoms with Crippen molar-refractivity contribution in [3.63, 3.8) is 0 Å². The number of benzene rings is 1. The summed E-state index contributed by atoms with van der Waals surface area (Å²) in [7, 11) is -1.39. The van der Waals surface area contributed by atoms with Gasteiger partial charge in [0.2, 0.25) is 5.79 Å². The smallest absolute Gasteiger partial charge is 0.312 e. The van der Waals surface area contributed by atoms with E-state index in [1.54, 1.807) is 0 Å². The van der Waals surface area contributed by atoms with Gasteiger partial charge in [0, 0.05) is 11.5 Å². The SMILES string of the molecule is CCCCC(CC)COP1OC2(O1)C(c1cc(C(C)(C)C)cc(C(C)(C)C)c1)=CC(C(C)(C)C)=CC2C(C)(C)C. The Hall–Kier alpha value is -0.990. The van der Waals surface area contributed by atoms with Gasteiger partial charge < -0.3 is 4.52 Å². The van der Waals surface area contributed by atoms with Crippen molar-refractivity contribution in [2.75, 3.05) is 6.61 Å². The van der Waals surface area contributed by atoms with Gasteiger partial charge in [-0.3, -0.25) is 9.05 Å². The summed E-state index contributed by atoms with van der Waals surface area (Å²) in [5, 5.41) is 0. The molecule has 226 valence electrons. The fraction of sp³-hybridized carbons (Fsp3) is 0.722. The summed E-state index contributed by atoms with van der Waals surface area (Å²) in [6, 6.07) is 7.14. The second kappa shape index (κ2) is 11.9. The van der Waals surface area contributed by atoms with E-state index in [0.717, 1.165) is 12.0 Å². The monoisotopic (exact) mass is 570 g/mol. The van der Waals surface area contributed by atoms with Gasteiger partial charge >= 0.3 is 8.60 Å². The molecule has 1 spiro atoms. The molecule has 0 saturated carbocycles. The molecule has 4 heteroatoms. The van der Waals surface area contributed by atoms with Gasteiger partial charge in [0.05, 0.1) is 6.61 Å². The number of unbranched alkanes of at least 4 members (excludes halogenated alkanes) is 1. The van der Waals surface area contributed by atoms with Crippen molar-refractivity contribution in [1.82, 2.24) is 0 Å². The van der Waals surface area contributed by atoms with E-state index in [0.29, 0.717) is 12.5 Å². The Morgan fingerprint density at radius 1 is 0.825 bits per heavy atom. The average molecular weight is 571 g/mol. The van der Waals surface area contributed by atoms with Gasteiger partial charge in [-0.2, -0.15) is 0 Å². The van der Waals surface area contributed by atoms with Crippen LogP contribution in [0.4, 0.5) is 0 Å². The maximum atomic E-state index is 6.89. The van der Waals surface area contributed by atoms with Crippen LogP contribution in [0.5, 0.6) is 0 Å². The fourth-order valence-corrected chi connectivity index (χ4v) is 6.86. The van der Waals surface area contributed by atoms with E-state index in [1.165, 1.54) is 41.5 Å². The number of hydrogen-bond acceptors (Lipinski definition) is 3. The predicted molar refractivity (Wildman–Crippen MR) is 173 cm³/mol. The summed E-state index contributed by atoms with van der Waals surface area (Å²) in [6.45, 7) is 32.8. The topological polar surface area (TPSA) is 27.7 Å². The summed E-state index contributed by atoms with van der Waals surface area (Å²) in [5.41, 5.74) is 6.32. The summed E-state index contributed by atoms with van der Waals surface area (Å²) >= 11 is 0. The van der Waals surface area contributed by atoms with Crippen LogP contribution < -0.4 is 0 Å². The third kappa shape index (κ3) is 7.50. The second-order valence-electron chi connectivity index (χ2n) is 16.4. The Morgan fingerprint density at radius 2 is 1.38 bits per heavy atom. The molecule has 2 unspecified atom stereocenters. The first-order chi connectivity index (χ1) is 18.2. The highest BCUT2D eigenvalue weighted by Crippen LogP contribution is 2.69. The predicted octanol–water partition coefficient (Wildman–Crippen LogP) is 11.5. The first kappa shape index (κ1) is 33.5. The highest BCUT2D eigenvalue weighted by Gasteiger charge is 2.61. The molecular weight excluding hydrogens is 511 g/mol. The summed E-state index contributed by atoms with van der Waals surface area (Å²) in [4.78, 5) is 0. The highest BCUT2D eigenvalue weighted by molar-refractivity contribution is 7.43. The molecule has 0 N–H and O–H groups in total. The van der Waals surface area contributed by atoms with Crippen molar-refractivity contribution in [3.05, 3.63) is 52.6 Å². The molecule has 0 amide bonds. The van der Waals surface area contributed by atoms with E-state index in [1.807, 2.05) is 0 Å². The van der Waals surface area contributed by atoms with Crippen molar-refractivity contribution in [3.8, 4) is 0 Å². The Morgan fingerprint density at radius 3 is 1.80 bits per heavy atom. The minimum Gasteiger partial charge on any atom is -0.312 e. The molecule has 3 nitrogen and oxygen atoms in total. The van der Waals surface area contributed by atoms with Crippen molar-refractivity contribution in [1.29, 1.82) is 0 Å². The van der Waals surface area contributed by atoms with Crippen LogP contribution in [0.2, 0.25) is 0 Å². The highest BCUT2D eigenvalue weighted by atomic mass is 31.2. The van der Waals surface area contributed by atoms with Crippen LogP contribution in [0.25, 0.3) is 5.57 Å². The normalized spacial score (nSPS) is 24.9. The number of hydrogen-bond donors (Lipinski definition) is 0. The van der Waals surface area contributed by atoms with Crippen molar-refractivity contribution in [2.24, 2.45) is 22.7 Å². The summed E-state index contributed by atoms with van der Waals surface area (Å²) in [6.07, 6.45) is 9.56. The van der Waals surface area contributed by atoms with Gasteiger partial charge in [0.25, 0.3) is 0 Å². The Kier molecular flexibility index (Phi) is 10.0. The lowest BCUT2D eigenvalue weighted by Gasteiger charge is -2.55. The van der Waals surface area contributed by atoms with Crippen molar-refractivity contribution >= 4 is 14.2 Å². The molecule has 0 aromatic heterocycles. The van der Waals surface area contributed by atoms with Crippen LogP contribution in [0.15, 0.2) is 35.9 Å². The molecule has 1 aromatic rings. The molecule has 0 radical (unpaired) electrons. The lowest BCUT2D eigenvalue weighted by atomic mass is 9.65. The Labute approximate surface area is 248 Å². The molecule has 1 aliphatic heterocycles. The average Bonchev–Trinajstić information content (AvgIpc) is 2.79. The molecule has 1 aliphatic carbocycles. The quantitative estimate of drug-likeness (QED) is 0.291. The lowest BCUT2D eigenvalue weighted by molar-refractivity contribution is -0.202. The van der Waals surface area contributed by atoms with Gasteiger partial charge in [-0.25, -0.2) is 0 Å². The zero-order valence-electron chi connectivity index (χ0n) is 28.2. The molecule has 0 bridgehead atoms. The summed E-state index contributed by atoms with van der Waals surface area (Å²) in [5.74, 6) is -0.249. The van der Waals surface area contributed by atoms with Crippen molar-refractivity contribution < 1.29 is 13.6 Å². The lowest BCUT2D eigenvalue weighted by Crippen LogP contribution is -2.54. The standard InChI is InChI=1S/C36H59O3P/c1-15-17-18-25(16-2)24-37-40-38-36(39-40)30(22-29(34(9,10)11)23-31(36)35(12,13)14)26-19-27(32(3,4)5)21-28(20-26)33(6,7)8/h19-23,25,31H,15-18,24H2,1-14H3. The molecule has 1 aromatic carbocycles. The first-order valence-electron chi connectivity index (χ1n) is 15.6. The van der Waals surface area contributed by atoms with Gasteiger partial charge in [0.15, 0.2) is 0 Å². The third-order valence-corrected chi connectivity index (χ3v) is 9.79. The second-order valence-corrected chi connectivity index (χ2v) is 17.4. The summed E-state index contributed by atoms with van der Waals surface area (Å²) < 4.78 is 20.1. The van der Waals surface area contributed by atoms with Crippen LogP contribution in [0.1, 0.15) is 139 Å². The van der Waals surface area contributed by atoms with Crippen LogP contribution in [-0.4, -0.2) is 12.4 Å². The molecule has 3 rings (SSSR count). The van der Waals surface area contributed by atoms with Gasteiger partial charge in [-0.05, 0) is 62.3 Å². The molecule has 1 heterocycles. The Balaban J connectivity index is 2.12. The van der Waals surface area contributed by atoms with E-state index >= 15 is 0 Å². The van der Waals surface area contributed by atoms with E-state index in [9.17, 15) is 0 Å². The maximum absolute atomic E-state index is 6.89. The van der Waals surface area contributed by atoms with Crippen LogP contribution in [0.3, 0.4) is 0 Å². The van der Waals surface area contributed by atoms with Crippen LogP contribution >= 0.6 is 8.60 Å². The number of allylic oxidation sites excluding steroid dienone is 2. The van der Waals surface area contributed by atoms with Crippen LogP contribution in [0, 0.1) is 22.7 Å². The largest absolute Gasteiger partial charge is 0.338 e. The zero-order chi connectivity index (χ0) is 30.3. The van der Waals surface area contributed by atoms with Gasteiger partial charge in [-0.15, -0.1) is 0 Å². The zero-order valence-corrected chi connectivity index (χ0v) is 29.1. The molecule has 40 heavy (non-hydrogen) atoms. The minimum atomic E-state index is -1.39. The molecule has 2 aliphatic rings. The molecule has 2 atom stereocenters. The molecule has 1 fully saturated rings. The molecule has 1 saturated heterocycles. The van der Waals surface area contributed by atoms with Crippen molar-refractivity contribution in [2.45, 2.75) is 139 Å². The van der Waals surface area contributed by atoms with Gasteiger partial charge in [0.1, 0.15) is 0 Å². The molecular formula is C36H59O3P. The number of rotatable bonds is 8. The minimum absolute atomic E-state index is 0.00343. The maximum Gasteiger partial charge on any atom is 0.338 e. The Bertz CT molecular complexity index is 1050. The van der Waals surface area contributed by atoms with Gasteiger partial charge in [-0.1, -0.05) is 140 Å².